The van der Waals surface area contributed by atoms with Crippen molar-refractivity contribution in [1.29, 1.82) is 0 Å². The molecule has 0 atom stereocenters. The number of likely N-dealkylation sites (N-methyl/N-ethyl adjacent to an activating group) is 1. The van der Waals surface area contributed by atoms with Gasteiger partial charge >= 0.3 is 0 Å². The maximum absolute atomic E-state index is 5.12. The second kappa shape index (κ2) is 6.67. The molecule has 6 heteroatoms. The Hall–Kier alpha value is -1.79. The van der Waals surface area contributed by atoms with Gasteiger partial charge in [-0.2, -0.15) is 0 Å². The van der Waals surface area contributed by atoms with E-state index in [0.29, 0.717) is 5.92 Å². The van der Waals surface area contributed by atoms with E-state index < -0.39 is 0 Å². The molecule has 1 aliphatic carbocycles. The molecule has 0 saturated carbocycles. The minimum absolute atomic E-state index is 0.474. The summed E-state index contributed by atoms with van der Waals surface area (Å²) < 4.78 is 1.23. The molecule has 0 aromatic carbocycles. The van der Waals surface area contributed by atoms with E-state index in [1.54, 1.807) is 22.6 Å². The number of aryl methyl sites for hydroxylation is 1. The number of piperazine rings is 1. The number of hydrogen-bond acceptors (Lipinski definition) is 5. The molecule has 3 aromatic rings. The molecule has 0 spiro atoms. The molecule has 3 aromatic heterocycles. The number of pyridine rings is 1. The molecular weight excluding hydrogens is 354 g/mol. The topological polar surface area (TPSA) is 46.4 Å². The maximum Gasteiger partial charge on any atom is 0.150 e. The molecule has 1 fully saturated rings. The van der Waals surface area contributed by atoms with E-state index in [0.717, 1.165) is 35.7 Å². The van der Waals surface area contributed by atoms with Crippen molar-refractivity contribution in [2.24, 2.45) is 0 Å². The summed E-state index contributed by atoms with van der Waals surface area (Å²) in [6, 6.07) is 0. The predicted molar refractivity (Wildman–Crippen MR) is 112 cm³/mol. The Morgan fingerprint density at radius 2 is 1.93 bits per heavy atom. The summed E-state index contributed by atoms with van der Waals surface area (Å²) in [4.78, 5) is 19.9. The number of fused-ring (bicyclic) bond motifs is 5. The van der Waals surface area contributed by atoms with E-state index in [1.807, 2.05) is 0 Å². The highest BCUT2D eigenvalue weighted by atomic mass is 32.1. The first kappa shape index (κ1) is 17.3. The van der Waals surface area contributed by atoms with Crippen molar-refractivity contribution >= 4 is 37.6 Å². The molecule has 1 aliphatic heterocycles. The maximum atomic E-state index is 5.12. The normalized spacial score (nSPS) is 18.1. The number of rotatable bonds is 3. The number of hydrogen-bond donors (Lipinski definition) is 1. The minimum atomic E-state index is 0.474. The Kier molecular flexibility index (Phi) is 4.28. The first-order valence-corrected chi connectivity index (χ1v) is 11.2. The van der Waals surface area contributed by atoms with Gasteiger partial charge in [-0.1, -0.05) is 13.8 Å². The van der Waals surface area contributed by atoms with Gasteiger partial charge in [0.05, 0.1) is 42.9 Å². The summed E-state index contributed by atoms with van der Waals surface area (Å²) in [5.41, 5.74) is 5.44. The van der Waals surface area contributed by atoms with Crippen molar-refractivity contribution in [3.63, 3.8) is 0 Å². The van der Waals surface area contributed by atoms with Crippen LogP contribution in [0.2, 0.25) is 0 Å². The van der Waals surface area contributed by atoms with Gasteiger partial charge in [0.2, 0.25) is 0 Å². The average Bonchev–Trinajstić information content (AvgIpc) is 3.31. The number of thiophene rings is 1. The van der Waals surface area contributed by atoms with E-state index in [4.69, 9.17) is 15.0 Å². The minimum Gasteiger partial charge on any atom is -0.344 e. The van der Waals surface area contributed by atoms with Crippen molar-refractivity contribution in [2.75, 3.05) is 37.6 Å². The number of nitrogens with one attached hydrogen (secondary N) is 1. The highest BCUT2D eigenvalue weighted by Gasteiger charge is 2.27. The third kappa shape index (κ3) is 2.72. The Morgan fingerprint density at radius 1 is 1.15 bits per heavy atom. The van der Waals surface area contributed by atoms with Gasteiger partial charge in [-0.05, 0) is 43.2 Å². The fraction of sp³-hybridized carbons (Fsp3) is 0.571. The molecule has 0 unspecified atom stereocenters. The van der Waals surface area contributed by atoms with Crippen molar-refractivity contribution in [3.8, 4) is 0 Å². The fourth-order valence-electron chi connectivity index (χ4n) is 4.81. The van der Waals surface area contributed by atoms with Crippen LogP contribution in [0.15, 0.2) is 6.33 Å². The molecule has 0 amide bonds. The summed E-state index contributed by atoms with van der Waals surface area (Å²) in [6.45, 7) is 12.6. The van der Waals surface area contributed by atoms with Crippen LogP contribution >= 0.6 is 11.3 Å². The Balaban J connectivity index is 1.68. The van der Waals surface area contributed by atoms with Crippen LogP contribution in [-0.2, 0) is 12.8 Å². The number of quaternary nitrogens is 1. The lowest BCUT2D eigenvalue weighted by atomic mass is 9.99. The number of aromatic nitrogens is 3. The lowest BCUT2D eigenvalue weighted by Gasteiger charge is -2.32. The Labute approximate surface area is 164 Å². The third-order valence-corrected chi connectivity index (χ3v) is 7.37. The van der Waals surface area contributed by atoms with Crippen LogP contribution in [0.4, 0.5) is 5.82 Å². The van der Waals surface area contributed by atoms with Crippen LogP contribution in [0.25, 0.3) is 20.4 Å². The zero-order valence-electron chi connectivity index (χ0n) is 16.5. The monoisotopic (exact) mass is 382 g/mol. The van der Waals surface area contributed by atoms with Crippen molar-refractivity contribution in [2.45, 2.75) is 46.0 Å². The average molecular weight is 383 g/mol. The first-order chi connectivity index (χ1) is 13.2. The van der Waals surface area contributed by atoms with Crippen LogP contribution < -0.4 is 9.80 Å². The summed E-state index contributed by atoms with van der Waals surface area (Å²) in [6.07, 6.45) is 5.34. The van der Waals surface area contributed by atoms with Gasteiger partial charge in [-0.15, -0.1) is 11.3 Å². The second-order valence-electron chi connectivity index (χ2n) is 8.21. The van der Waals surface area contributed by atoms with Crippen LogP contribution in [0.5, 0.6) is 0 Å². The summed E-state index contributed by atoms with van der Waals surface area (Å²) >= 11 is 1.80. The lowest BCUT2D eigenvalue weighted by Crippen LogP contribution is -3.14. The predicted octanol–water partition coefficient (Wildman–Crippen LogP) is 2.58. The summed E-state index contributed by atoms with van der Waals surface area (Å²) in [5.74, 6) is 1.60. The third-order valence-electron chi connectivity index (χ3n) is 6.30. The Bertz CT molecular complexity index is 1000. The Morgan fingerprint density at radius 3 is 2.67 bits per heavy atom. The number of anilines is 1. The highest BCUT2D eigenvalue weighted by molar-refractivity contribution is 7.26. The van der Waals surface area contributed by atoms with E-state index >= 15 is 0 Å². The van der Waals surface area contributed by atoms with Crippen molar-refractivity contribution in [1.82, 2.24) is 15.0 Å². The second-order valence-corrected chi connectivity index (χ2v) is 9.21. The van der Waals surface area contributed by atoms with E-state index in [-0.39, 0.29) is 0 Å². The van der Waals surface area contributed by atoms with E-state index in [9.17, 15) is 0 Å². The van der Waals surface area contributed by atoms with Crippen LogP contribution in [0.3, 0.4) is 0 Å². The van der Waals surface area contributed by atoms with Gasteiger partial charge in [0, 0.05) is 11.1 Å². The van der Waals surface area contributed by atoms with Crippen molar-refractivity contribution in [3.05, 3.63) is 23.1 Å². The first-order valence-electron chi connectivity index (χ1n) is 10.3. The van der Waals surface area contributed by atoms with Gasteiger partial charge in [-0.25, -0.2) is 15.0 Å². The van der Waals surface area contributed by atoms with Crippen LogP contribution in [0.1, 0.15) is 49.9 Å². The summed E-state index contributed by atoms with van der Waals surface area (Å²) in [5, 5.41) is 1.31. The molecule has 5 nitrogen and oxygen atoms in total. The molecule has 2 aliphatic rings. The molecule has 1 saturated heterocycles. The molecule has 4 heterocycles. The quantitative estimate of drug-likeness (QED) is 0.756. The van der Waals surface area contributed by atoms with Gasteiger partial charge in [0.1, 0.15) is 11.2 Å². The molecule has 142 valence electrons. The molecule has 27 heavy (non-hydrogen) atoms. The summed E-state index contributed by atoms with van der Waals surface area (Å²) in [7, 11) is 0. The van der Waals surface area contributed by atoms with E-state index in [1.165, 1.54) is 59.4 Å². The van der Waals surface area contributed by atoms with Crippen molar-refractivity contribution < 1.29 is 4.90 Å². The molecule has 1 N–H and O–H groups in total. The largest absolute Gasteiger partial charge is 0.344 e. The highest BCUT2D eigenvalue weighted by Crippen LogP contribution is 2.42. The molecule has 5 rings (SSSR count). The van der Waals surface area contributed by atoms with Gasteiger partial charge in [0.15, 0.2) is 5.82 Å². The molecular formula is C21H28N5S+. The van der Waals surface area contributed by atoms with Crippen LogP contribution in [-0.4, -0.2) is 47.7 Å². The molecule has 0 bridgehead atoms. The fourth-order valence-corrected chi connectivity index (χ4v) is 5.99. The van der Waals surface area contributed by atoms with Gasteiger partial charge < -0.3 is 9.80 Å². The molecule has 0 radical (unpaired) electrons. The van der Waals surface area contributed by atoms with Crippen LogP contribution in [0, 0.1) is 0 Å². The lowest BCUT2D eigenvalue weighted by molar-refractivity contribution is -0.898. The SMILES string of the molecule is CC[NH+]1CCN(c2ncnc3c2sc2nc(C(C)C)c4c(c23)CCC4)CC1. The zero-order valence-corrected chi connectivity index (χ0v) is 17.3. The van der Waals surface area contributed by atoms with E-state index in [2.05, 4.69) is 25.7 Å². The smallest absolute Gasteiger partial charge is 0.150 e. The standard InChI is InChI=1S/C21H27N5S/c1-4-25-8-10-26(11-9-25)20-19-18(22-12-23-20)16-14-6-5-7-15(14)17(13(2)3)24-21(16)27-19/h12-13H,4-11H2,1-3H3/p+1. The zero-order chi connectivity index (χ0) is 18.5. The number of nitrogens with zero attached hydrogens (tertiary/aromatic N) is 4. The van der Waals surface area contributed by atoms with Gasteiger partial charge in [0.25, 0.3) is 0 Å². The van der Waals surface area contributed by atoms with Gasteiger partial charge in [-0.3, -0.25) is 0 Å².